The molecule has 9 nitrogen and oxygen atoms in total. The van der Waals surface area contributed by atoms with Crippen molar-refractivity contribution >= 4 is 52.2 Å². The van der Waals surface area contributed by atoms with Crippen LogP contribution in [0.4, 0.5) is 0 Å². The molecule has 3 atom stereocenters. The van der Waals surface area contributed by atoms with E-state index in [4.69, 9.17) is 18.9 Å². The average Bonchev–Trinajstić information content (AvgIpc) is 3.60. The van der Waals surface area contributed by atoms with Gasteiger partial charge in [0.15, 0.2) is 5.50 Å². The lowest BCUT2D eigenvalue weighted by atomic mass is 9.84. The van der Waals surface area contributed by atoms with Gasteiger partial charge in [-0.05, 0) is 55.0 Å². The lowest BCUT2D eigenvalue weighted by Gasteiger charge is -2.40. The minimum atomic E-state index is -1.03. The normalized spacial score (nSPS) is 20.7. The van der Waals surface area contributed by atoms with Crippen molar-refractivity contribution in [3.05, 3.63) is 94.6 Å². The highest BCUT2D eigenvalue weighted by molar-refractivity contribution is 8.05. The molecule has 1 saturated heterocycles. The zero-order valence-electron chi connectivity index (χ0n) is 23.6. The Morgan fingerprint density at radius 2 is 1.91 bits per heavy atom. The summed E-state index contributed by atoms with van der Waals surface area (Å²) in [7, 11) is 1.57. The number of hydrogen-bond acceptors (Lipinski definition) is 8. The van der Waals surface area contributed by atoms with Crippen molar-refractivity contribution in [3.8, 4) is 17.1 Å². The summed E-state index contributed by atoms with van der Waals surface area (Å²) >= 11 is 1.28. The highest BCUT2D eigenvalue weighted by atomic mass is 32.2. The number of esters is 1. The first-order valence-electron chi connectivity index (χ1n) is 13.7. The van der Waals surface area contributed by atoms with Gasteiger partial charge in [-0.3, -0.25) is 19.5 Å². The second kappa shape index (κ2) is 11.4. The molecule has 2 aliphatic rings. The van der Waals surface area contributed by atoms with Gasteiger partial charge < -0.3 is 19.0 Å². The van der Waals surface area contributed by atoms with Crippen LogP contribution in [0, 0.1) is 5.92 Å². The Balaban J connectivity index is 1.43. The molecule has 1 N–H and O–H groups in total. The molecule has 218 valence electrons. The molecular weight excluding hydrogens is 568 g/mol. The van der Waals surface area contributed by atoms with E-state index in [2.05, 4.69) is 0 Å². The summed E-state index contributed by atoms with van der Waals surface area (Å²) < 4.78 is 17.3. The summed E-state index contributed by atoms with van der Waals surface area (Å²) in [6.45, 7) is 3.73. The van der Waals surface area contributed by atoms with Crippen molar-refractivity contribution in [1.29, 1.82) is 0 Å². The fourth-order valence-electron chi connectivity index (χ4n) is 5.66. The van der Waals surface area contributed by atoms with Crippen LogP contribution in [-0.4, -0.2) is 52.8 Å². The van der Waals surface area contributed by atoms with Crippen LogP contribution in [0.1, 0.15) is 41.6 Å². The van der Waals surface area contributed by atoms with Gasteiger partial charge in [-0.25, -0.2) is 4.79 Å². The van der Waals surface area contributed by atoms with Gasteiger partial charge in [-0.15, -0.1) is 0 Å². The third-order valence-corrected chi connectivity index (χ3v) is 8.67. The standard InChI is InChI=1S/C33H28N2O7S/c1-4-41-32(39)27-18(2)34-33-35(29(27)28-23-11-6-5-8-19(23)12-14-25(28)40-3)30(36)26(43-33)17-22-13-15-24(42-22)20-9-7-10-21(16-20)31(37)38/h5-17,27,29,33H,4H2,1-3H3,(H,37,38). The van der Waals surface area contributed by atoms with Crippen molar-refractivity contribution in [2.24, 2.45) is 10.9 Å². The van der Waals surface area contributed by atoms with E-state index in [1.807, 2.05) is 36.4 Å². The van der Waals surface area contributed by atoms with Gasteiger partial charge in [-0.2, -0.15) is 0 Å². The molecule has 0 radical (unpaired) electrons. The number of ether oxygens (including phenoxy) is 2. The summed E-state index contributed by atoms with van der Waals surface area (Å²) in [5.41, 5.74) is 1.42. The Hall–Kier alpha value is -4.83. The molecule has 1 aromatic heterocycles. The Kier molecular flexibility index (Phi) is 7.53. The van der Waals surface area contributed by atoms with E-state index in [1.165, 1.54) is 23.9 Å². The summed E-state index contributed by atoms with van der Waals surface area (Å²) in [6, 6.07) is 20.7. The molecule has 1 fully saturated rings. The predicted octanol–water partition coefficient (Wildman–Crippen LogP) is 6.40. The molecule has 0 bridgehead atoms. The van der Waals surface area contributed by atoms with Gasteiger partial charge in [0.1, 0.15) is 23.2 Å². The number of rotatable bonds is 7. The molecule has 0 spiro atoms. The Morgan fingerprint density at radius 1 is 1.09 bits per heavy atom. The summed E-state index contributed by atoms with van der Waals surface area (Å²) in [5, 5.41) is 11.2. The fourth-order valence-corrected chi connectivity index (χ4v) is 6.83. The van der Waals surface area contributed by atoms with Crippen molar-refractivity contribution in [2.45, 2.75) is 25.4 Å². The van der Waals surface area contributed by atoms with E-state index in [0.717, 1.165) is 10.8 Å². The van der Waals surface area contributed by atoms with Crippen molar-refractivity contribution < 1.29 is 33.4 Å². The molecule has 1 amide bonds. The van der Waals surface area contributed by atoms with E-state index in [-0.39, 0.29) is 18.1 Å². The average molecular weight is 597 g/mol. The van der Waals surface area contributed by atoms with E-state index >= 15 is 0 Å². The van der Waals surface area contributed by atoms with Gasteiger partial charge in [0.2, 0.25) is 0 Å². The predicted molar refractivity (Wildman–Crippen MR) is 164 cm³/mol. The number of thioether (sulfide) groups is 1. The van der Waals surface area contributed by atoms with Crippen molar-refractivity contribution in [2.75, 3.05) is 13.7 Å². The zero-order valence-corrected chi connectivity index (χ0v) is 24.5. The second-order valence-electron chi connectivity index (χ2n) is 10.1. The quantitative estimate of drug-likeness (QED) is 0.192. The number of hydrogen-bond donors (Lipinski definition) is 1. The molecule has 3 aromatic carbocycles. The van der Waals surface area contributed by atoms with Crippen LogP contribution in [0.5, 0.6) is 5.75 Å². The summed E-state index contributed by atoms with van der Waals surface area (Å²) in [6.07, 6.45) is 1.65. The third kappa shape index (κ3) is 5.08. The highest BCUT2D eigenvalue weighted by Crippen LogP contribution is 2.51. The maximum atomic E-state index is 14.2. The number of benzene rings is 3. The number of amides is 1. The smallest absolute Gasteiger partial charge is 0.335 e. The topological polar surface area (TPSA) is 119 Å². The summed E-state index contributed by atoms with van der Waals surface area (Å²) in [4.78, 5) is 45.8. The zero-order chi connectivity index (χ0) is 30.2. The second-order valence-corrected chi connectivity index (χ2v) is 11.2. The number of furan rings is 1. The largest absolute Gasteiger partial charge is 0.496 e. The molecule has 43 heavy (non-hydrogen) atoms. The number of nitrogens with zero attached hydrogens (tertiary/aromatic N) is 2. The molecule has 4 aromatic rings. The number of carboxylic acids is 1. The monoisotopic (exact) mass is 596 g/mol. The first-order valence-corrected chi connectivity index (χ1v) is 14.6. The number of aliphatic imine (C=N–C) groups is 1. The molecule has 10 heteroatoms. The van der Waals surface area contributed by atoms with Gasteiger partial charge in [0, 0.05) is 22.9 Å². The molecule has 2 aliphatic heterocycles. The fraction of sp³-hybridized carbons (Fsp3) is 0.212. The van der Waals surface area contributed by atoms with Crippen molar-refractivity contribution in [3.63, 3.8) is 0 Å². The first kappa shape index (κ1) is 28.3. The van der Waals surface area contributed by atoms with Gasteiger partial charge in [0.25, 0.3) is 5.91 Å². The van der Waals surface area contributed by atoms with Gasteiger partial charge in [0.05, 0.1) is 30.2 Å². The van der Waals surface area contributed by atoms with Crippen LogP contribution in [0.3, 0.4) is 0 Å². The van der Waals surface area contributed by atoms with E-state index in [1.54, 1.807) is 56.2 Å². The maximum absolute atomic E-state index is 14.2. The van der Waals surface area contributed by atoms with Crippen molar-refractivity contribution in [1.82, 2.24) is 4.90 Å². The Bertz CT molecular complexity index is 1820. The Morgan fingerprint density at radius 3 is 2.67 bits per heavy atom. The minimum absolute atomic E-state index is 0.145. The number of carboxylic acid groups (broad SMARTS) is 1. The highest BCUT2D eigenvalue weighted by Gasteiger charge is 2.51. The SMILES string of the molecule is CCOC(=O)C1C(C)=NC2SC(=Cc3ccc(-c4cccc(C(=O)O)c4)o3)C(=O)N2C1c1c(OC)ccc2ccccc12. The molecule has 0 saturated carbocycles. The molecule has 3 heterocycles. The van der Waals surface area contributed by atoms with E-state index in [9.17, 15) is 19.5 Å². The molecular formula is C33H28N2O7S. The van der Waals surface area contributed by atoms with Crippen LogP contribution in [0.2, 0.25) is 0 Å². The lowest BCUT2D eigenvalue weighted by molar-refractivity contribution is -0.149. The number of carbonyl (C=O) groups excluding carboxylic acids is 2. The minimum Gasteiger partial charge on any atom is -0.496 e. The molecule has 3 unspecified atom stereocenters. The van der Waals surface area contributed by atoms with Crippen LogP contribution in [0.15, 0.2) is 87.1 Å². The molecule has 6 rings (SSSR count). The lowest BCUT2D eigenvalue weighted by Crippen LogP contribution is -2.48. The summed E-state index contributed by atoms with van der Waals surface area (Å²) in [5.74, 6) is -1.18. The van der Waals surface area contributed by atoms with E-state index < -0.39 is 29.4 Å². The van der Waals surface area contributed by atoms with Crippen LogP contribution < -0.4 is 4.74 Å². The maximum Gasteiger partial charge on any atom is 0.335 e. The van der Waals surface area contributed by atoms with Crippen LogP contribution in [-0.2, 0) is 14.3 Å². The van der Waals surface area contributed by atoms with Crippen LogP contribution >= 0.6 is 11.8 Å². The number of methoxy groups -OCH3 is 1. The third-order valence-electron chi connectivity index (χ3n) is 7.58. The van der Waals surface area contributed by atoms with Gasteiger partial charge >= 0.3 is 11.9 Å². The van der Waals surface area contributed by atoms with E-state index in [0.29, 0.717) is 39.0 Å². The first-order chi connectivity index (χ1) is 20.8. The molecule has 0 aliphatic carbocycles. The number of carbonyl (C=O) groups is 3. The van der Waals surface area contributed by atoms with Gasteiger partial charge in [-0.1, -0.05) is 54.2 Å². The number of aromatic carboxylic acids is 1. The number of fused-ring (bicyclic) bond motifs is 2. The Labute approximate surface area is 251 Å². The van der Waals surface area contributed by atoms with Crippen LogP contribution in [0.25, 0.3) is 28.2 Å².